The summed E-state index contributed by atoms with van der Waals surface area (Å²) in [6.07, 6.45) is 0.790. The van der Waals surface area contributed by atoms with Gasteiger partial charge in [-0.1, -0.05) is 85.6 Å². The molecule has 1 heterocycles. The molecule has 3 aliphatic rings. The Kier molecular flexibility index (Phi) is 6.38. The highest BCUT2D eigenvalue weighted by molar-refractivity contribution is 5.36. The minimum Gasteiger partial charge on any atom is -0.308 e. The molecule has 1 aliphatic heterocycles. The van der Waals surface area contributed by atoms with Gasteiger partial charge in [0.15, 0.2) is 0 Å². The van der Waals surface area contributed by atoms with E-state index >= 15 is 0 Å². The summed E-state index contributed by atoms with van der Waals surface area (Å²) in [5.41, 5.74) is 2.90. The van der Waals surface area contributed by atoms with Crippen molar-refractivity contribution >= 4 is 0 Å². The molecule has 1 saturated heterocycles. The Morgan fingerprint density at radius 2 is 1.47 bits per heavy atom. The fourth-order valence-electron chi connectivity index (χ4n) is 7.48. The van der Waals surface area contributed by atoms with Gasteiger partial charge in [-0.25, -0.2) is 0 Å². The average molecular weight is 491 g/mol. The molecular formula is C31H33F3N2. The number of hydrogen-bond acceptors (Lipinski definition) is 2. The average Bonchev–Trinajstić information content (AvgIpc) is 3.02. The lowest BCUT2D eigenvalue weighted by molar-refractivity contribution is -0.137. The van der Waals surface area contributed by atoms with Crippen molar-refractivity contribution in [3.8, 4) is 0 Å². The Balaban J connectivity index is 1.33. The molecular weight excluding hydrogens is 457 g/mol. The lowest BCUT2D eigenvalue weighted by Gasteiger charge is -2.49. The fourth-order valence-corrected chi connectivity index (χ4v) is 7.48. The zero-order valence-corrected chi connectivity index (χ0v) is 20.3. The second-order valence-corrected chi connectivity index (χ2v) is 10.9. The zero-order valence-electron chi connectivity index (χ0n) is 20.3. The molecule has 0 amide bonds. The van der Waals surface area contributed by atoms with Gasteiger partial charge in [0, 0.05) is 30.6 Å². The maximum atomic E-state index is 13.1. The Bertz CT molecular complexity index is 1110. The van der Waals surface area contributed by atoms with E-state index in [4.69, 9.17) is 0 Å². The smallest absolute Gasteiger partial charge is 0.308 e. The van der Waals surface area contributed by atoms with Crippen LogP contribution in [0.4, 0.5) is 13.2 Å². The third kappa shape index (κ3) is 4.48. The van der Waals surface area contributed by atoms with Gasteiger partial charge >= 0.3 is 6.18 Å². The fraction of sp³-hybridized carbons (Fsp3) is 0.419. The molecule has 0 radical (unpaired) electrons. The molecule has 0 aromatic heterocycles. The van der Waals surface area contributed by atoms with Crippen molar-refractivity contribution in [2.45, 2.75) is 62.4 Å². The SMILES string of the molecule is FC(F)(F)c1ccc(CNC2C(C(c3ccccc3)c3ccccc3)NC3CC4CCCC3C42)cc1. The topological polar surface area (TPSA) is 24.1 Å². The quantitative estimate of drug-likeness (QED) is 0.398. The largest absolute Gasteiger partial charge is 0.416 e. The third-order valence-electron chi connectivity index (χ3n) is 8.93. The summed E-state index contributed by atoms with van der Waals surface area (Å²) in [6, 6.07) is 28.1. The summed E-state index contributed by atoms with van der Waals surface area (Å²) in [5, 5.41) is 8.00. The van der Waals surface area contributed by atoms with Gasteiger partial charge in [-0.05, 0) is 59.4 Å². The van der Waals surface area contributed by atoms with Gasteiger partial charge in [-0.15, -0.1) is 0 Å². The second kappa shape index (κ2) is 9.68. The third-order valence-corrected chi connectivity index (χ3v) is 8.93. The first-order valence-electron chi connectivity index (χ1n) is 13.2. The van der Waals surface area contributed by atoms with Gasteiger partial charge in [0.2, 0.25) is 0 Å². The van der Waals surface area contributed by atoms with Crippen LogP contribution in [0.2, 0.25) is 0 Å². The van der Waals surface area contributed by atoms with Crippen LogP contribution in [0.3, 0.4) is 0 Å². The van der Waals surface area contributed by atoms with E-state index in [0.29, 0.717) is 30.3 Å². The maximum absolute atomic E-state index is 13.1. The molecule has 2 saturated carbocycles. The second-order valence-electron chi connectivity index (χ2n) is 10.9. The van der Waals surface area contributed by atoms with Crippen molar-refractivity contribution < 1.29 is 13.2 Å². The van der Waals surface area contributed by atoms with E-state index in [9.17, 15) is 13.2 Å². The van der Waals surface area contributed by atoms with Gasteiger partial charge < -0.3 is 10.6 Å². The van der Waals surface area contributed by atoms with E-state index in [1.165, 1.54) is 48.9 Å². The summed E-state index contributed by atoms with van der Waals surface area (Å²) in [4.78, 5) is 0. The Morgan fingerprint density at radius 3 is 2.08 bits per heavy atom. The summed E-state index contributed by atoms with van der Waals surface area (Å²) in [7, 11) is 0. The molecule has 36 heavy (non-hydrogen) atoms. The number of hydrogen-bond donors (Lipinski definition) is 2. The van der Waals surface area contributed by atoms with Crippen molar-refractivity contribution in [1.82, 2.24) is 10.6 Å². The molecule has 2 aliphatic carbocycles. The van der Waals surface area contributed by atoms with Gasteiger partial charge in [0.25, 0.3) is 0 Å². The maximum Gasteiger partial charge on any atom is 0.416 e. The number of nitrogens with one attached hydrogen (secondary N) is 2. The molecule has 2 N–H and O–H groups in total. The van der Waals surface area contributed by atoms with E-state index < -0.39 is 11.7 Å². The number of rotatable bonds is 6. The van der Waals surface area contributed by atoms with Crippen LogP contribution in [0.1, 0.15) is 53.9 Å². The van der Waals surface area contributed by atoms with Crippen LogP contribution < -0.4 is 10.6 Å². The Morgan fingerprint density at radius 1 is 0.833 bits per heavy atom. The van der Waals surface area contributed by atoms with E-state index in [1.54, 1.807) is 12.1 Å². The molecule has 188 valence electrons. The summed E-state index contributed by atoms with van der Waals surface area (Å²) in [5.74, 6) is 2.18. The highest BCUT2D eigenvalue weighted by atomic mass is 19.4. The molecule has 3 aromatic rings. The molecule has 0 spiro atoms. The normalized spacial score (nSPS) is 29.4. The van der Waals surface area contributed by atoms with Crippen molar-refractivity contribution in [2.75, 3.05) is 0 Å². The molecule has 3 aromatic carbocycles. The van der Waals surface area contributed by atoms with Crippen LogP contribution in [0.15, 0.2) is 84.9 Å². The van der Waals surface area contributed by atoms with Gasteiger partial charge in [-0.3, -0.25) is 0 Å². The van der Waals surface area contributed by atoms with Gasteiger partial charge in [0.1, 0.15) is 0 Å². The lowest BCUT2D eigenvalue weighted by Crippen LogP contribution is -2.63. The number of halogens is 3. The Labute approximate surface area is 211 Å². The van der Waals surface area contributed by atoms with Crippen LogP contribution in [-0.2, 0) is 12.7 Å². The zero-order chi connectivity index (χ0) is 24.7. The molecule has 5 heteroatoms. The van der Waals surface area contributed by atoms with E-state index in [-0.39, 0.29) is 18.0 Å². The highest BCUT2D eigenvalue weighted by Gasteiger charge is 2.55. The number of benzene rings is 3. The monoisotopic (exact) mass is 490 g/mol. The number of piperidine rings is 1. The van der Waals surface area contributed by atoms with E-state index in [1.807, 2.05) is 0 Å². The van der Waals surface area contributed by atoms with Crippen LogP contribution in [0, 0.1) is 17.8 Å². The van der Waals surface area contributed by atoms with Crippen molar-refractivity contribution in [1.29, 1.82) is 0 Å². The van der Waals surface area contributed by atoms with Crippen molar-refractivity contribution in [3.63, 3.8) is 0 Å². The van der Waals surface area contributed by atoms with Crippen molar-refractivity contribution in [2.24, 2.45) is 17.8 Å². The van der Waals surface area contributed by atoms with Crippen LogP contribution in [0.25, 0.3) is 0 Å². The van der Waals surface area contributed by atoms with E-state index in [2.05, 4.69) is 71.3 Å². The van der Waals surface area contributed by atoms with Crippen LogP contribution in [-0.4, -0.2) is 18.1 Å². The molecule has 6 atom stereocenters. The minimum atomic E-state index is -4.31. The predicted molar refractivity (Wildman–Crippen MR) is 136 cm³/mol. The first-order chi connectivity index (χ1) is 17.5. The van der Waals surface area contributed by atoms with Gasteiger partial charge in [0.05, 0.1) is 5.56 Å². The van der Waals surface area contributed by atoms with E-state index in [0.717, 1.165) is 5.56 Å². The molecule has 6 rings (SSSR count). The lowest BCUT2D eigenvalue weighted by atomic mass is 9.66. The summed E-state index contributed by atoms with van der Waals surface area (Å²) >= 11 is 0. The van der Waals surface area contributed by atoms with Crippen molar-refractivity contribution in [3.05, 3.63) is 107 Å². The molecule has 2 nitrogen and oxygen atoms in total. The Hall–Kier alpha value is -2.63. The summed E-state index contributed by atoms with van der Waals surface area (Å²) in [6.45, 7) is 0.567. The first kappa shape index (κ1) is 23.7. The number of alkyl halides is 3. The minimum absolute atomic E-state index is 0.196. The van der Waals surface area contributed by atoms with Crippen LogP contribution >= 0.6 is 0 Å². The standard InChI is InChI=1S/C31H33F3N2/c32-31(33,34)24-16-14-20(15-17-24)19-35-29-28-23-12-7-13-25(28)26(18-23)36-30(29)27(21-8-3-1-4-9-21)22-10-5-2-6-11-22/h1-6,8-11,14-17,23,25-30,35-36H,7,12-13,18-19H2. The summed E-state index contributed by atoms with van der Waals surface area (Å²) < 4.78 is 39.2. The first-order valence-corrected chi connectivity index (χ1v) is 13.2. The molecule has 3 fully saturated rings. The predicted octanol–water partition coefficient (Wildman–Crippen LogP) is 6.77. The molecule has 6 unspecified atom stereocenters. The molecule has 4 bridgehead atoms. The van der Waals surface area contributed by atoms with Crippen LogP contribution in [0.5, 0.6) is 0 Å². The highest BCUT2D eigenvalue weighted by Crippen LogP contribution is 2.53. The van der Waals surface area contributed by atoms with Gasteiger partial charge in [-0.2, -0.15) is 13.2 Å².